The van der Waals surface area contributed by atoms with Gasteiger partial charge in [0.1, 0.15) is 0 Å². The Bertz CT molecular complexity index is 1840. The molecule has 0 aliphatic carbocycles. The number of fused-ring (bicyclic) bond motifs is 5. The summed E-state index contributed by atoms with van der Waals surface area (Å²) >= 11 is 6.64. The first-order valence-corrected chi connectivity index (χ1v) is 13.3. The van der Waals surface area contributed by atoms with Crippen LogP contribution in [0.3, 0.4) is 0 Å². The van der Waals surface area contributed by atoms with E-state index in [2.05, 4.69) is 114 Å². The molecule has 0 N–H and O–H groups in total. The zero-order valence-corrected chi connectivity index (χ0v) is 23.1. The fraction of sp³-hybridized carbons (Fsp3) is 0.167. The third-order valence-electron chi connectivity index (χ3n) is 7.83. The molecule has 0 nitrogen and oxygen atoms in total. The van der Waals surface area contributed by atoms with Crippen molar-refractivity contribution in [2.75, 3.05) is 0 Å². The fourth-order valence-electron chi connectivity index (χ4n) is 6.60. The lowest BCUT2D eigenvalue weighted by molar-refractivity contribution is 1.32. The minimum atomic E-state index is 0.765. The van der Waals surface area contributed by atoms with Crippen molar-refractivity contribution < 1.29 is 0 Å². The largest absolute Gasteiger partial charge is 0.0843 e. The maximum absolute atomic E-state index is 6.64. The first-order valence-electron chi connectivity index (χ1n) is 13.0. The molecule has 182 valence electrons. The molecular formula is C36H31Cl. The van der Waals surface area contributed by atoms with Crippen molar-refractivity contribution in [3.8, 4) is 22.3 Å². The molecule has 0 spiro atoms. The van der Waals surface area contributed by atoms with Crippen LogP contribution in [0.1, 0.15) is 33.4 Å². The van der Waals surface area contributed by atoms with Crippen LogP contribution in [0.4, 0.5) is 0 Å². The lowest BCUT2D eigenvalue weighted by Crippen LogP contribution is -1.95. The summed E-state index contributed by atoms with van der Waals surface area (Å²) in [6, 6.07) is 29.2. The molecule has 0 saturated heterocycles. The van der Waals surface area contributed by atoms with Gasteiger partial charge >= 0.3 is 0 Å². The molecule has 0 aromatic heterocycles. The number of halogens is 1. The monoisotopic (exact) mass is 498 g/mol. The van der Waals surface area contributed by atoms with Crippen LogP contribution < -0.4 is 0 Å². The highest BCUT2D eigenvalue weighted by Gasteiger charge is 2.18. The van der Waals surface area contributed by atoms with Gasteiger partial charge in [-0.15, -0.1) is 0 Å². The summed E-state index contributed by atoms with van der Waals surface area (Å²) in [4.78, 5) is 0. The first kappa shape index (κ1) is 23.8. The summed E-state index contributed by atoms with van der Waals surface area (Å²) in [6.07, 6.45) is 0. The molecule has 6 aromatic carbocycles. The smallest absolute Gasteiger partial charge is 0.0412 e. The van der Waals surface area contributed by atoms with Gasteiger partial charge in [-0.1, -0.05) is 77.3 Å². The van der Waals surface area contributed by atoms with E-state index in [1.165, 1.54) is 88.0 Å². The topological polar surface area (TPSA) is 0 Å². The molecule has 6 rings (SSSR count). The predicted molar refractivity (Wildman–Crippen MR) is 163 cm³/mol. The van der Waals surface area contributed by atoms with E-state index in [1.54, 1.807) is 0 Å². The second-order valence-corrected chi connectivity index (χ2v) is 11.2. The van der Waals surface area contributed by atoms with Crippen molar-refractivity contribution in [2.24, 2.45) is 0 Å². The molecule has 0 aliphatic rings. The average Bonchev–Trinajstić information content (AvgIpc) is 2.83. The van der Waals surface area contributed by atoms with Crippen molar-refractivity contribution >= 4 is 43.9 Å². The van der Waals surface area contributed by atoms with Crippen LogP contribution in [0.15, 0.2) is 78.9 Å². The Morgan fingerprint density at radius 3 is 1.32 bits per heavy atom. The average molecular weight is 499 g/mol. The van der Waals surface area contributed by atoms with E-state index < -0.39 is 0 Å². The van der Waals surface area contributed by atoms with E-state index in [-0.39, 0.29) is 0 Å². The number of rotatable bonds is 2. The lowest BCUT2D eigenvalue weighted by Gasteiger charge is -2.20. The zero-order valence-electron chi connectivity index (χ0n) is 22.4. The Hall–Kier alpha value is -3.61. The Kier molecular flexibility index (Phi) is 5.62. The highest BCUT2D eigenvalue weighted by atomic mass is 35.5. The SMILES string of the molecule is Cc1cc(C)c(-c2cc3c4cc(Cl)ccc4c(-c4c(C)cc(C)cc4C)cc3c3ccccc23)c(C)c1. The maximum atomic E-state index is 6.64. The molecule has 37 heavy (non-hydrogen) atoms. The summed E-state index contributed by atoms with van der Waals surface area (Å²) in [5.41, 5.74) is 13.0. The van der Waals surface area contributed by atoms with Crippen LogP contribution in [0.5, 0.6) is 0 Å². The van der Waals surface area contributed by atoms with Crippen LogP contribution in [0.2, 0.25) is 5.02 Å². The number of hydrogen-bond donors (Lipinski definition) is 0. The van der Waals surface area contributed by atoms with Gasteiger partial charge in [-0.2, -0.15) is 0 Å². The molecular weight excluding hydrogens is 468 g/mol. The van der Waals surface area contributed by atoms with Gasteiger partial charge in [0.2, 0.25) is 0 Å². The first-order chi connectivity index (χ1) is 17.7. The minimum Gasteiger partial charge on any atom is -0.0843 e. The van der Waals surface area contributed by atoms with E-state index in [0.717, 1.165) is 5.02 Å². The molecule has 0 atom stereocenters. The fourth-order valence-corrected chi connectivity index (χ4v) is 6.77. The summed E-state index contributed by atoms with van der Waals surface area (Å²) in [6.45, 7) is 13.3. The zero-order chi connectivity index (χ0) is 26.0. The van der Waals surface area contributed by atoms with Crippen molar-refractivity contribution in [2.45, 2.75) is 41.5 Å². The van der Waals surface area contributed by atoms with Crippen molar-refractivity contribution in [1.29, 1.82) is 0 Å². The molecule has 0 saturated carbocycles. The number of aryl methyl sites for hydroxylation is 6. The molecule has 0 bridgehead atoms. The van der Waals surface area contributed by atoms with E-state index in [4.69, 9.17) is 11.6 Å². The predicted octanol–water partition coefficient (Wildman–Crippen LogP) is 11.0. The van der Waals surface area contributed by atoms with Crippen LogP contribution in [-0.2, 0) is 0 Å². The minimum absolute atomic E-state index is 0.765. The van der Waals surface area contributed by atoms with Gasteiger partial charge in [0.25, 0.3) is 0 Å². The summed E-state index contributed by atoms with van der Waals surface area (Å²) in [5.74, 6) is 0. The Labute approximate surface area is 224 Å². The van der Waals surface area contributed by atoms with E-state index in [1.807, 2.05) is 6.07 Å². The molecule has 1 heteroatoms. The number of benzene rings is 6. The Morgan fingerprint density at radius 1 is 0.405 bits per heavy atom. The summed E-state index contributed by atoms with van der Waals surface area (Å²) in [7, 11) is 0. The second-order valence-electron chi connectivity index (χ2n) is 10.7. The van der Waals surface area contributed by atoms with Crippen LogP contribution in [0.25, 0.3) is 54.6 Å². The Balaban J connectivity index is 1.83. The maximum Gasteiger partial charge on any atom is 0.0412 e. The van der Waals surface area contributed by atoms with Crippen LogP contribution in [-0.4, -0.2) is 0 Å². The van der Waals surface area contributed by atoms with E-state index in [9.17, 15) is 0 Å². The van der Waals surface area contributed by atoms with Crippen LogP contribution in [0, 0.1) is 41.5 Å². The highest BCUT2D eigenvalue weighted by Crippen LogP contribution is 2.44. The normalized spacial score (nSPS) is 11.6. The van der Waals surface area contributed by atoms with Gasteiger partial charge in [0, 0.05) is 5.02 Å². The molecule has 0 amide bonds. The van der Waals surface area contributed by atoms with Gasteiger partial charge in [-0.25, -0.2) is 0 Å². The summed E-state index contributed by atoms with van der Waals surface area (Å²) < 4.78 is 0. The van der Waals surface area contributed by atoms with Gasteiger partial charge < -0.3 is 0 Å². The van der Waals surface area contributed by atoms with Crippen molar-refractivity contribution in [1.82, 2.24) is 0 Å². The van der Waals surface area contributed by atoms with Crippen molar-refractivity contribution in [3.05, 3.63) is 117 Å². The molecule has 6 aromatic rings. The Morgan fingerprint density at radius 2 is 0.811 bits per heavy atom. The quantitative estimate of drug-likeness (QED) is 0.208. The van der Waals surface area contributed by atoms with Gasteiger partial charge in [0.05, 0.1) is 0 Å². The lowest BCUT2D eigenvalue weighted by atomic mass is 9.84. The van der Waals surface area contributed by atoms with Crippen LogP contribution >= 0.6 is 11.6 Å². The molecule has 0 heterocycles. The van der Waals surface area contributed by atoms with Gasteiger partial charge in [-0.05, 0) is 143 Å². The molecule has 0 radical (unpaired) electrons. The molecule has 0 fully saturated rings. The molecule has 0 aliphatic heterocycles. The van der Waals surface area contributed by atoms with Crippen molar-refractivity contribution in [3.63, 3.8) is 0 Å². The molecule has 0 unspecified atom stereocenters. The van der Waals surface area contributed by atoms with E-state index in [0.29, 0.717) is 0 Å². The van der Waals surface area contributed by atoms with Gasteiger partial charge in [-0.3, -0.25) is 0 Å². The summed E-state index contributed by atoms with van der Waals surface area (Å²) in [5, 5.41) is 8.29. The third kappa shape index (κ3) is 3.83. The third-order valence-corrected chi connectivity index (χ3v) is 8.06. The second kappa shape index (κ2) is 8.75. The number of hydrogen-bond acceptors (Lipinski definition) is 0. The highest BCUT2D eigenvalue weighted by molar-refractivity contribution is 6.33. The van der Waals surface area contributed by atoms with Gasteiger partial charge in [0.15, 0.2) is 0 Å². The van der Waals surface area contributed by atoms with E-state index >= 15 is 0 Å². The standard InChI is InChI=1S/C36H31Cl/c1-20-13-22(3)35(23(4)14-20)33-19-32-30-17-26(37)11-12-29(30)34(36-24(5)15-21(2)16-25(36)6)18-31(32)27-9-7-8-10-28(27)33/h7-19H,1-6H3.